The summed E-state index contributed by atoms with van der Waals surface area (Å²) in [6.45, 7) is 0. The molecular formula is C23H16N2NaO8. The van der Waals surface area contributed by atoms with E-state index in [4.69, 9.17) is 5.11 Å². The molecule has 0 amide bonds. The van der Waals surface area contributed by atoms with Gasteiger partial charge in [-0.15, -0.1) is 5.11 Å². The summed E-state index contributed by atoms with van der Waals surface area (Å²) in [5.41, 5.74) is 0.205. The number of nitrogens with zero attached hydrogens (tertiary/aromatic N) is 2. The predicted octanol–water partition coefficient (Wildman–Crippen LogP) is 4.40. The van der Waals surface area contributed by atoms with Gasteiger partial charge in [-0.2, -0.15) is 5.11 Å². The molecule has 1 radical (unpaired) electrons. The maximum absolute atomic E-state index is 11.7. The van der Waals surface area contributed by atoms with Gasteiger partial charge in [-0.3, -0.25) is 0 Å². The Morgan fingerprint density at radius 3 is 1.94 bits per heavy atom. The molecule has 0 aliphatic heterocycles. The van der Waals surface area contributed by atoms with Gasteiger partial charge in [-0.05, 0) is 41.5 Å². The first kappa shape index (κ1) is 26.3. The summed E-state index contributed by atoms with van der Waals surface area (Å²) in [5, 5.41) is 54.6. The Morgan fingerprint density at radius 1 is 0.706 bits per heavy atom. The third-order valence-electron chi connectivity index (χ3n) is 4.45. The molecule has 0 bridgehead atoms. The average Bonchev–Trinajstić information content (AvgIpc) is 2.77. The topological polar surface area (TPSA) is 177 Å². The van der Waals surface area contributed by atoms with E-state index >= 15 is 0 Å². The zero-order valence-electron chi connectivity index (χ0n) is 17.7. The van der Waals surface area contributed by atoms with E-state index < -0.39 is 40.7 Å². The van der Waals surface area contributed by atoms with Gasteiger partial charge in [0.25, 0.3) is 0 Å². The molecule has 10 nitrogen and oxygen atoms in total. The van der Waals surface area contributed by atoms with Crippen molar-refractivity contribution in [1.82, 2.24) is 0 Å². The maximum atomic E-state index is 11.7. The summed E-state index contributed by atoms with van der Waals surface area (Å²) >= 11 is 0. The number of benzene rings is 3. The van der Waals surface area contributed by atoms with E-state index in [1.807, 2.05) is 0 Å². The number of aromatic hydroxyl groups is 2. The minimum Gasteiger partial charge on any atom is -0.508 e. The first-order valence-electron chi connectivity index (χ1n) is 9.25. The van der Waals surface area contributed by atoms with Gasteiger partial charge in [0, 0.05) is 35.6 Å². The van der Waals surface area contributed by atoms with Crippen molar-refractivity contribution in [1.29, 1.82) is 0 Å². The van der Waals surface area contributed by atoms with Crippen molar-refractivity contribution in [3.63, 3.8) is 0 Å². The summed E-state index contributed by atoms with van der Waals surface area (Å²) in [7, 11) is 0. The molecule has 0 aliphatic rings. The minimum atomic E-state index is -1.45. The van der Waals surface area contributed by atoms with Crippen molar-refractivity contribution in [3.05, 3.63) is 82.4 Å². The molecule has 0 saturated heterocycles. The van der Waals surface area contributed by atoms with Crippen molar-refractivity contribution in [2.24, 2.45) is 10.2 Å². The number of carbonyl (C=O) groups is 3. The second kappa shape index (κ2) is 11.2. The number of hydrogen-bond donors (Lipinski definition) is 5. The van der Waals surface area contributed by atoms with Gasteiger partial charge in [0.2, 0.25) is 0 Å². The van der Waals surface area contributed by atoms with Crippen LogP contribution in [-0.2, 0) is 0 Å². The number of aromatic carboxylic acids is 3. The Hall–Kier alpha value is -3.99. The molecule has 11 heteroatoms. The summed E-state index contributed by atoms with van der Waals surface area (Å²) in [5.74, 6) is -4.82. The quantitative estimate of drug-likeness (QED) is 0.191. The van der Waals surface area contributed by atoms with Crippen LogP contribution in [0.15, 0.2) is 64.8 Å². The molecule has 0 atom stereocenters. The van der Waals surface area contributed by atoms with Crippen LogP contribution in [0.4, 0.5) is 11.4 Å². The van der Waals surface area contributed by atoms with Gasteiger partial charge in [0.15, 0.2) is 0 Å². The van der Waals surface area contributed by atoms with Crippen LogP contribution in [0, 0.1) is 0 Å². The molecule has 0 spiro atoms. The largest absolute Gasteiger partial charge is 0.508 e. The van der Waals surface area contributed by atoms with Crippen LogP contribution in [0.25, 0.3) is 12.2 Å². The van der Waals surface area contributed by atoms with E-state index in [2.05, 4.69) is 10.2 Å². The van der Waals surface area contributed by atoms with E-state index in [-0.39, 0.29) is 46.4 Å². The summed E-state index contributed by atoms with van der Waals surface area (Å²) in [4.78, 5) is 33.9. The van der Waals surface area contributed by atoms with Crippen LogP contribution in [-0.4, -0.2) is 73.0 Å². The Morgan fingerprint density at radius 2 is 1.35 bits per heavy atom. The Labute approximate surface area is 214 Å². The number of carboxylic acid groups (broad SMARTS) is 3. The normalized spacial score (nSPS) is 10.8. The van der Waals surface area contributed by atoms with Crippen LogP contribution < -0.4 is 0 Å². The third-order valence-corrected chi connectivity index (χ3v) is 4.45. The van der Waals surface area contributed by atoms with Crippen molar-refractivity contribution < 1.29 is 39.9 Å². The van der Waals surface area contributed by atoms with Crippen LogP contribution >= 0.6 is 0 Å². The van der Waals surface area contributed by atoms with E-state index in [9.17, 15) is 34.8 Å². The first-order chi connectivity index (χ1) is 15.7. The van der Waals surface area contributed by atoms with E-state index in [1.54, 1.807) is 18.2 Å². The second-order valence-electron chi connectivity index (χ2n) is 6.70. The smallest absolute Gasteiger partial charge is 0.338 e. The molecule has 0 fully saturated rings. The van der Waals surface area contributed by atoms with E-state index in [0.29, 0.717) is 11.1 Å². The van der Waals surface area contributed by atoms with Gasteiger partial charge >= 0.3 is 17.9 Å². The van der Waals surface area contributed by atoms with E-state index in [1.165, 1.54) is 36.4 Å². The van der Waals surface area contributed by atoms with Crippen LogP contribution in [0.1, 0.15) is 42.2 Å². The van der Waals surface area contributed by atoms with Crippen LogP contribution in [0.5, 0.6) is 11.5 Å². The molecule has 0 saturated carbocycles. The Kier molecular flexibility index (Phi) is 8.68. The summed E-state index contributed by atoms with van der Waals surface area (Å²) in [6.07, 6.45) is 3.15. The standard InChI is InChI=1S/C23H16N2O8.Na/c26-16-10-18(23(32)33)20(19(27)11-16)25-24-15-8-7-13(17(9-15)22(30)31)4-1-12-2-5-14(6-3-12)21(28)29;/h1-11,26-27H,(H,28,29)(H,30,31)(H,32,33);/b4-1+,25-24?;. The SMILES string of the molecule is O=C(O)c1ccc(/C=C/c2ccc(N=Nc3c(O)cc(O)cc3C(=O)O)cc2C(=O)O)cc1.[Na]. The predicted molar refractivity (Wildman–Crippen MR) is 122 cm³/mol. The van der Waals surface area contributed by atoms with Gasteiger partial charge in [0.1, 0.15) is 17.2 Å². The van der Waals surface area contributed by atoms with Crippen molar-refractivity contribution >= 4 is 71.0 Å². The fourth-order valence-corrected chi connectivity index (χ4v) is 2.84. The number of azo groups is 1. The average molecular weight is 471 g/mol. The zero-order chi connectivity index (χ0) is 24.1. The third kappa shape index (κ3) is 6.29. The molecular weight excluding hydrogens is 455 g/mol. The first-order valence-corrected chi connectivity index (χ1v) is 9.25. The van der Waals surface area contributed by atoms with Gasteiger partial charge in [0.05, 0.1) is 22.4 Å². The molecule has 3 aromatic carbocycles. The molecule has 5 N–H and O–H groups in total. The number of hydrogen-bond acceptors (Lipinski definition) is 7. The number of carboxylic acids is 3. The van der Waals surface area contributed by atoms with Gasteiger partial charge < -0.3 is 25.5 Å². The molecule has 0 unspecified atom stereocenters. The molecule has 0 heterocycles. The van der Waals surface area contributed by atoms with Crippen molar-refractivity contribution in [2.45, 2.75) is 0 Å². The number of phenolic OH excluding ortho intramolecular Hbond substituents is 2. The summed E-state index contributed by atoms with van der Waals surface area (Å²) < 4.78 is 0. The molecule has 0 aliphatic carbocycles. The summed E-state index contributed by atoms with van der Waals surface area (Å²) in [6, 6.07) is 11.9. The fraction of sp³-hybridized carbons (Fsp3) is 0. The molecule has 34 heavy (non-hydrogen) atoms. The maximum Gasteiger partial charge on any atom is 0.338 e. The molecule has 3 aromatic rings. The van der Waals surface area contributed by atoms with Crippen LogP contribution in [0.3, 0.4) is 0 Å². The molecule has 0 aromatic heterocycles. The van der Waals surface area contributed by atoms with Crippen LogP contribution in [0.2, 0.25) is 0 Å². The Bertz CT molecular complexity index is 1320. The minimum absolute atomic E-state index is 0. The molecule has 3 rings (SSSR count). The number of phenols is 2. The second-order valence-corrected chi connectivity index (χ2v) is 6.70. The fourth-order valence-electron chi connectivity index (χ4n) is 2.84. The monoisotopic (exact) mass is 471 g/mol. The Balaban J connectivity index is 0.00000408. The van der Waals surface area contributed by atoms with Crippen molar-refractivity contribution in [2.75, 3.05) is 0 Å². The van der Waals surface area contributed by atoms with Gasteiger partial charge in [-0.25, -0.2) is 14.4 Å². The zero-order valence-corrected chi connectivity index (χ0v) is 19.7. The van der Waals surface area contributed by atoms with Crippen molar-refractivity contribution in [3.8, 4) is 11.5 Å². The molecule has 167 valence electrons. The van der Waals surface area contributed by atoms with E-state index in [0.717, 1.165) is 12.1 Å². The number of rotatable bonds is 7. The van der Waals surface area contributed by atoms with Gasteiger partial charge in [-0.1, -0.05) is 30.4 Å².